The van der Waals surface area contributed by atoms with Crippen molar-refractivity contribution in [1.82, 2.24) is 20.2 Å². The first kappa shape index (κ1) is 15.9. The molecular formula is C17H18IN5. The molecule has 0 unspecified atom stereocenters. The zero-order chi connectivity index (χ0) is 16.6. The maximum absolute atomic E-state index is 4.14. The number of aryl methyl sites for hydroxylation is 4. The van der Waals surface area contributed by atoms with Crippen molar-refractivity contribution in [1.29, 1.82) is 0 Å². The number of nitrogens with zero attached hydrogens (tertiary/aromatic N) is 4. The number of aromatic nitrogens is 4. The summed E-state index contributed by atoms with van der Waals surface area (Å²) in [7, 11) is 0. The molecule has 0 spiro atoms. The maximum atomic E-state index is 4.14. The fourth-order valence-electron chi connectivity index (χ4n) is 2.66. The lowest BCUT2D eigenvalue weighted by molar-refractivity contribution is 0.787. The standard InChI is InChI=1S/C17H18IN5/c1-10-5-6-15(12(3)7-10)23-17(20-21-22-23)19-16-13(4)8-11(2)9-14(16)18/h5-9H,1-4H3,(H,19,20,22). The number of rotatable bonds is 3. The van der Waals surface area contributed by atoms with Gasteiger partial charge in [-0.2, -0.15) is 4.68 Å². The van der Waals surface area contributed by atoms with Crippen LogP contribution in [0, 0.1) is 31.3 Å². The molecule has 23 heavy (non-hydrogen) atoms. The van der Waals surface area contributed by atoms with Crippen molar-refractivity contribution in [2.75, 3.05) is 5.32 Å². The molecule has 0 radical (unpaired) electrons. The molecule has 0 amide bonds. The van der Waals surface area contributed by atoms with E-state index in [0.717, 1.165) is 20.5 Å². The monoisotopic (exact) mass is 419 g/mol. The highest BCUT2D eigenvalue weighted by Crippen LogP contribution is 2.28. The molecule has 1 heterocycles. The quantitative estimate of drug-likeness (QED) is 0.646. The lowest BCUT2D eigenvalue weighted by Gasteiger charge is -2.13. The van der Waals surface area contributed by atoms with Crippen LogP contribution in [0.1, 0.15) is 22.3 Å². The number of benzene rings is 2. The molecule has 3 rings (SSSR count). The molecule has 118 valence electrons. The second-order valence-corrected chi connectivity index (χ2v) is 6.93. The minimum atomic E-state index is 0.613. The highest BCUT2D eigenvalue weighted by Gasteiger charge is 2.13. The van der Waals surface area contributed by atoms with Crippen LogP contribution in [0.3, 0.4) is 0 Å². The average molecular weight is 419 g/mol. The van der Waals surface area contributed by atoms with Crippen LogP contribution < -0.4 is 5.32 Å². The summed E-state index contributed by atoms with van der Waals surface area (Å²) in [4.78, 5) is 0. The van der Waals surface area contributed by atoms with Gasteiger partial charge in [0.25, 0.3) is 5.95 Å². The topological polar surface area (TPSA) is 55.6 Å². The Bertz CT molecular complexity index is 846. The summed E-state index contributed by atoms with van der Waals surface area (Å²) in [5.74, 6) is 0.613. The molecule has 3 aromatic rings. The molecule has 0 bridgehead atoms. The third-order valence-electron chi connectivity index (χ3n) is 3.72. The predicted octanol–water partition coefficient (Wildman–Crippen LogP) is 4.24. The fraction of sp³-hybridized carbons (Fsp3) is 0.235. The second-order valence-electron chi connectivity index (χ2n) is 5.77. The Morgan fingerprint density at radius 3 is 2.39 bits per heavy atom. The van der Waals surface area contributed by atoms with Gasteiger partial charge < -0.3 is 5.32 Å². The first-order chi connectivity index (χ1) is 11.0. The van der Waals surface area contributed by atoms with Gasteiger partial charge in [-0.05, 0) is 89.5 Å². The van der Waals surface area contributed by atoms with Gasteiger partial charge in [0.05, 0.1) is 11.4 Å². The Hall–Kier alpha value is -1.96. The van der Waals surface area contributed by atoms with Crippen LogP contribution in [0.5, 0.6) is 0 Å². The predicted molar refractivity (Wildman–Crippen MR) is 101 cm³/mol. The Morgan fingerprint density at radius 2 is 1.70 bits per heavy atom. The van der Waals surface area contributed by atoms with Crippen LogP contribution in [0.2, 0.25) is 0 Å². The normalized spacial score (nSPS) is 10.8. The van der Waals surface area contributed by atoms with E-state index >= 15 is 0 Å². The Kier molecular flexibility index (Phi) is 4.34. The van der Waals surface area contributed by atoms with Crippen molar-refractivity contribution in [3.05, 3.63) is 56.2 Å². The molecule has 0 saturated heterocycles. The minimum absolute atomic E-state index is 0.613. The number of tetrazole rings is 1. The largest absolute Gasteiger partial charge is 0.322 e. The third-order valence-corrected chi connectivity index (χ3v) is 4.57. The van der Waals surface area contributed by atoms with Gasteiger partial charge in [-0.25, -0.2) is 0 Å². The highest BCUT2D eigenvalue weighted by atomic mass is 127. The molecule has 6 heteroatoms. The van der Waals surface area contributed by atoms with E-state index in [1.807, 2.05) is 6.07 Å². The summed E-state index contributed by atoms with van der Waals surface area (Å²) in [6.45, 7) is 8.32. The van der Waals surface area contributed by atoms with Gasteiger partial charge in [-0.15, -0.1) is 0 Å². The third kappa shape index (κ3) is 3.21. The van der Waals surface area contributed by atoms with E-state index in [2.05, 4.69) is 95.4 Å². The zero-order valence-corrected chi connectivity index (χ0v) is 15.7. The van der Waals surface area contributed by atoms with E-state index in [1.165, 1.54) is 16.7 Å². The molecule has 0 aliphatic heterocycles. The van der Waals surface area contributed by atoms with Crippen molar-refractivity contribution >= 4 is 34.2 Å². The summed E-state index contributed by atoms with van der Waals surface area (Å²) in [5.41, 5.74) is 6.78. The van der Waals surface area contributed by atoms with Gasteiger partial charge in [0, 0.05) is 3.57 Å². The van der Waals surface area contributed by atoms with Crippen LogP contribution in [0.15, 0.2) is 30.3 Å². The van der Waals surface area contributed by atoms with Gasteiger partial charge in [0.15, 0.2) is 0 Å². The van der Waals surface area contributed by atoms with Gasteiger partial charge >= 0.3 is 0 Å². The SMILES string of the molecule is Cc1ccc(-n2nnnc2Nc2c(C)cc(C)cc2I)c(C)c1. The van der Waals surface area contributed by atoms with Gasteiger partial charge in [-0.3, -0.25) is 0 Å². The Morgan fingerprint density at radius 1 is 0.957 bits per heavy atom. The van der Waals surface area contributed by atoms with E-state index < -0.39 is 0 Å². The summed E-state index contributed by atoms with van der Waals surface area (Å²) in [6, 6.07) is 10.5. The average Bonchev–Trinajstić information content (AvgIpc) is 2.91. The lowest BCUT2D eigenvalue weighted by atomic mass is 10.1. The van der Waals surface area contributed by atoms with E-state index in [0.29, 0.717) is 5.95 Å². The van der Waals surface area contributed by atoms with Crippen LogP contribution >= 0.6 is 22.6 Å². The molecule has 1 aromatic heterocycles. The molecule has 1 N–H and O–H groups in total. The van der Waals surface area contributed by atoms with Crippen molar-refractivity contribution in [2.24, 2.45) is 0 Å². The molecule has 0 atom stereocenters. The smallest absolute Gasteiger partial charge is 0.252 e. The first-order valence-electron chi connectivity index (χ1n) is 7.35. The lowest BCUT2D eigenvalue weighted by Crippen LogP contribution is -2.07. The second kappa shape index (κ2) is 6.27. The van der Waals surface area contributed by atoms with Gasteiger partial charge in [-0.1, -0.05) is 28.9 Å². The molecule has 0 saturated carbocycles. The van der Waals surface area contributed by atoms with E-state index in [9.17, 15) is 0 Å². The molecule has 2 aromatic carbocycles. The van der Waals surface area contributed by atoms with Crippen molar-refractivity contribution in [2.45, 2.75) is 27.7 Å². The van der Waals surface area contributed by atoms with Crippen LogP contribution in [0.4, 0.5) is 11.6 Å². The Labute approximate surface area is 149 Å². The number of halogens is 1. The maximum Gasteiger partial charge on any atom is 0.252 e. The summed E-state index contributed by atoms with van der Waals surface area (Å²) in [5, 5.41) is 15.5. The van der Waals surface area contributed by atoms with Crippen LogP contribution in [-0.2, 0) is 0 Å². The summed E-state index contributed by atoms with van der Waals surface area (Å²) < 4.78 is 2.89. The van der Waals surface area contributed by atoms with E-state index in [4.69, 9.17) is 0 Å². The fourth-order valence-corrected chi connectivity index (χ4v) is 3.71. The Balaban J connectivity index is 2.02. The summed E-state index contributed by atoms with van der Waals surface area (Å²) >= 11 is 2.33. The number of hydrogen-bond acceptors (Lipinski definition) is 4. The molecule has 0 aliphatic carbocycles. The van der Waals surface area contributed by atoms with E-state index in [1.54, 1.807) is 4.68 Å². The summed E-state index contributed by atoms with van der Waals surface area (Å²) in [6.07, 6.45) is 0. The molecule has 5 nitrogen and oxygen atoms in total. The highest BCUT2D eigenvalue weighted by molar-refractivity contribution is 14.1. The minimum Gasteiger partial charge on any atom is -0.322 e. The molecular weight excluding hydrogens is 401 g/mol. The number of anilines is 2. The zero-order valence-electron chi connectivity index (χ0n) is 13.6. The van der Waals surface area contributed by atoms with Crippen molar-refractivity contribution in [3.63, 3.8) is 0 Å². The van der Waals surface area contributed by atoms with Crippen LogP contribution in [-0.4, -0.2) is 20.2 Å². The van der Waals surface area contributed by atoms with Gasteiger partial charge in [0.1, 0.15) is 0 Å². The molecule has 0 aliphatic rings. The van der Waals surface area contributed by atoms with Crippen molar-refractivity contribution < 1.29 is 0 Å². The van der Waals surface area contributed by atoms with Crippen molar-refractivity contribution in [3.8, 4) is 5.69 Å². The number of hydrogen-bond donors (Lipinski definition) is 1. The van der Waals surface area contributed by atoms with E-state index in [-0.39, 0.29) is 0 Å². The first-order valence-corrected chi connectivity index (χ1v) is 8.43. The molecule has 0 fully saturated rings. The van der Waals surface area contributed by atoms with Crippen LogP contribution in [0.25, 0.3) is 5.69 Å². The number of nitrogens with one attached hydrogen (secondary N) is 1. The van der Waals surface area contributed by atoms with Gasteiger partial charge in [0.2, 0.25) is 0 Å².